The van der Waals surface area contributed by atoms with E-state index in [4.69, 9.17) is 24.8 Å². The predicted molar refractivity (Wildman–Crippen MR) is 54.7 cm³/mol. The Morgan fingerprint density at radius 1 is 1.47 bits per heavy atom. The molecule has 17 heavy (non-hydrogen) atoms. The molecule has 2 saturated heterocycles. The molecule has 2 heterocycles. The summed E-state index contributed by atoms with van der Waals surface area (Å²) in [6.45, 7) is 2.96. The minimum absolute atomic E-state index is 0.481. The summed E-state index contributed by atoms with van der Waals surface area (Å²) in [5.41, 5.74) is 8.51. The Bertz CT molecular complexity index is 344. The van der Waals surface area contributed by atoms with Gasteiger partial charge in [0.05, 0.1) is 12.6 Å². The second kappa shape index (κ2) is 4.41. The van der Waals surface area contributed by atoms with E-state index in [1.165, 1.54) is 0 Å². The van der Waals surface area contributed by atoms with Gasteiger partial charge >= 0.3 is 0 Å². The summed E-state index contributed by atoms with van der Waals surface area (Å²) < 4.78 is 16.4. The second-order valence-corrected chi connectivity index (χ2v) is 4.51. The molecular weight excluding hydrogens is 230 g/mol. The van der Waals surface area contributed by atoms with Crippen molar-refractivity contribution in [2.75, 3.05) is 6.61 Å². The number of ether oxygens (including phenoxy) is 3. The fourth-order valence-corrected chi connectivity index (χ4v) is 2.13. The zero-order valence-electron chi connectivity index (χ0n) is 9.55. The average molecular weight is 245 g/mol. The smallest absolute Gasteiger partial charge is 0.188 e. The molecule has 0 aliphatic carbocycles. The molecule has 0 aromatic rings. The third kappa shape index (κ3) is 2.23. The van der Waals surface area contributed by atoms with E-state index in [2.05, 4.69) is 10.0 Å². The number of nitrogens with zero attached hydrogens (tertiary/aromatic N) is 3. The highest BCUT2D eigenvalue weighted by Gasteiger charge is 2.55. The van der Waals surface area contributed by atoms with E-state index in [1.54, 1.807) is 13.8 Å². The van der Waals surface area contributed by atoms with Gasteiger partial charge in [-0.05, 0) is 19.4 Å². The topological polar surface area (TPSA) is 117 Å². The van der Waals surface area contributed by atoms with Crippen molar-refractivity contribution in [3.63, 3.8) is 0 Å². The van der Waals surface area contributed by atoms with Crippen LogP contribution in [0.3, 0.4) is 0 Å². The summed E-state index contributed by atoms with van der Waals surface area (Å²) in [4.78, 5) is 2.71. The van der Waals surface area contributed by atoms with Crippen LogP contribution in [0.5, 0.6) is 0 Å². The van der Waals surface area contributed by atoms with Crippen molar-refractivity contribution in [2.45, 2.75) is 50.3 Å². The maximum atomic E-state index is 9.57. The molecule has 0 amide bonds. The van der Waals surface area contributed by atoms with Gasteiger partial charge in [-0.1, -0.05) is 5.11 Å². The van der Waals surface area contributed by atoms with E-state index >= 15 is 0 Å². The summed E-state index contributed by atoms with van der Waals surface area (Å²) in [5, 5.41) is 22.0. The van der Waals surface area contributed by atoms with Gasteiger partial charge in [-0.3, -0.25) is 0 Å². The molecule has 0 saturated carbocycles. The van der Waals surface area contributed by atoms with Crippen LogP contribution >= 0.6 is 0 Å². The Morgan fingerprint density at radius 3 is 2.76 bits per heavy atom. The van der Waals surface area contributed by atoms with Crippen LogP contribution in [0.15, 0.2) is 5.11 Å². The van der Waals surface area contributed by atoms with Crippen molar-refractivity contribution in [1.29, 1.82) is 0 Å². The monoisotopic (exact) mass is 245 g/mol. The van der Waals surface area contributed by atoms with Gasteiger partial charge in [0.15, 0.2) is 12.1 Å². The number of hydrogen-bond acceptors (Lipinski definition) is 6. The van der Waals surface area contributed by atoms with Gasteiger partial charge in [0, 0.05) is 4.91 Å². The molecule has 8 nitrogen and oxygen atoms in total. The zero-order valence-corrected chi connectivity index (χ0v) is 9.55. The first-order valence-corrected chi connectivity index (χ1v) is 5.33. The summed E-state index contributed by atoms with van der Waals surface area (Å²) >= 11 is 0. The number of aliphatic hydroxyl groups excluding tert-OH is 2. The molecule has 8 heteroatoms. The first-order valence-electron chi connectivity index (χ1n) is 5.33. The molecule has 0 aromatic heterocycles. The van der Waals surface area contributed by atoms with E-state index in [9.17, 15) is 5.11 Å². The second-order valence-electron chi connectivity index (χ2n) is 4.51. The van der Waals surface area contributed by atoms with Crippen molar-refractivity contribution in [3.8, 4) is 0 Å². The molecule has 0 spiro atoms. The number of fused-ring (bicyclic) bond motifs is 1. The number of hydrogen-bond donors (Lipinski definition) is 2. The molecule has 2 fully saturated rings. The average Bonchev–Trinajstić information content (AvgIpc) is 2.72. The van der Waals surface area contributed by atoms with Crippen molar-refractivity contribution < 1.29 is 24.4 Å². The van der Waals surface area contributed by atoms with Gasteiger partial charge in [-0.15, -0.1) is 0 Å². The highest BCUT2D eigenvalue weighted by molar-refractivity contribution is 5.00. The normalized spacial score (nSPS) is 40.7. The number of rotatable bonds is 3. The van der Waals surface area contributed by atoms with Gasteiger partial charge < -0.3 is 24.4 Å². The van der Waals surface area contributed by atoms with Crippen LogP contribution in [0.1, 0.15) is 13.8 Å². The lowest BCUT2D eigenvalue weighted by Crippen LogP contribution is -2.41. The standard InChI is InChI=1S/C9H15N3O5/c1-9(2)16-7-5(11-12-10)6(4(14)3-13)15-8(7)17-9/h4-8,13-14H,3H2,1-2H3. The lowest BCUT2D eigenvalue weighted by Gasteiger charge is -2.25. The van der Waals surface area contributed by atoms with Crippen molar-refractivity contribution in [1.82, 2.24) is 0 Å². The minimum Gasteiger partial charge on any atom is -0.394 e. The third-order valence-corrected chi connectivity index (χ3v) is 2.80. The third-order valence-electron chi connectivity index (χ3n) is 2.80. The maximum absolute atomic E-state index is 9.57. The van der Waals surface area contributed by atoms with E-state index in [0.717, 1.165) is 0 Å². The minimum atomic E-state index is -1.13. The molecule has 5 atom stereocenters. The van der Waals surface area contributed by atoms with E-state index in [0.29, 0.717) is 0 Å². The summed E-state index contributed by atoms with van der Waals surface area (Å²) in [5.74, 6) is -0.812. The Morgan fingerprint density at radius 2 is 2.18 bits per heavy atom. The van der Waals surface area contributed by atoms with Crippen LogP contribution < -0.4 is 0 Å². The molecule has 96 valence electrons. The molecule has 2 rings (SSSR count). The molecule has 0 bridgehead atoms. The van der Waals surface area contributed by atoms with Crippen LogP contribution in [-0.2, 0) is 14.2 Å². The van der Waals surface area contributed by atoms with E-state index in [-0.39, 0.29) is 0 Å². The maximum Gasteiger partial charge on any atom is 0.188 e. The van der Waals surface area contributed by atoms with Gasteiger partial charge in [0.1, 0.15) is 18.3 Å². The van der Waals surface area contributed by atoms with Crippen molar-refractivity contribution in [2.24, 2.45) is 5.11 Å². The quantitative estimate of drug-likeness (QED) is 0.409. The molecule has 2 aliphatic rings. The Labute approximate surface area is 97.7 Å². The van der Waals surface area contributed by atoms with Gasteiger partial charge in [0.25, 0.3) is 0 Å². The van der Waals surface area contributed by atoms with Gasteiger partial charge in [-0.25, -0.2) is 0 Å². The van der Waals surface area contributed by atoms with Crippen molar-refractivity contribution >= 4 is 0 Å². The summed E-state index contributed by atoms with van der Waals surface area (Å²) in [6, 6.07) is -0.714. The largest absolute Gasteiger partial charge is 0.394 e. The van der Waals surface area contributed by atoms with E-state index in [1.807, 2.05) is 0 Å². The van der Waals surface area contributed by atoms with Crippen LogP contribution in [-0.4, -0.2) is 53.3 Å². The molecule has 0 radical (unpaired) electrons. The van der Waals surface area contributed by atoms with E-state index < -0.39 is 43.0 Å². The first-order chi connectivity index (χ1) is 7.98. The SMILES string of the molecule is CC1(C)OC2OC(C(O)CO)C(N=[N+]=[N-])C2O1. The molecular formula is C9H15N3O5. The lowest BCUT2D eigenvalue weighted by atomic mass is 10.0. The van der Waals surface area contributed by atoms with Crippen LogP contribution in [0.2, 0.25) is 0 Å². The Balaban J connectivity index is 2.18. The summed E-state index contributed by atoms with van der Waals surface area (Å²) in [7, 11) is 0. The van der Waals surface area contributed by atoms with Crippen LogP contribution in [0.4, 0.5) is 0 Å². The predicted octanol–water partition coefficient (Wildman–Crippen LogP) is -0.105. The number of azide groups is 1. The Kier molecular flexibility index (Phi) is 3.26. The lowest BCUT2D eigenvalue weighted by molar-refractivity contribution is -0.217. The molecule has 2 aliphatic heterocycles. The highest BCUT2D eigenvalue weighted by Crippen LogP contribution is 2.39. The van der Waals surface area contributed by atoms with Crippen molar-refractivity contribution in [3.05, 3.63) is 10.4 Å². The zero-order chi connectivity index (χ0) is 12.6. The Hall–Kier alpha value is -0.890. The van der Waals surface area contributed by atoms with Crippen LogP contribution in [0, 0.1) is 0 Å². The fraction of sp³-hybridized carbons (Fsp3) is 1.00. The number of aliphatic hydroxyl groups is 2. The highest BCUT2D eigenvalue weighted by atomic mass is 16.8. The molecule has 5 unspecified atom stereocenters. The van der Waals surface area contributed by atoms with Gasteiger partial charge in [0.2, 0.25) is 0 Å². The van der Waals surface area contributed by atoms with Gasteiger partial charge in [-0.2, -0.15) is 0 Å². The fourth-order valence-electron chi connectivity index (χ4n) is 2.13. The molecule has 2 N–H and O–H groups in total. The first kappa shape index (κ1) is 12.6. The van der Waals surface area contributed by atoms with Crippen LogP contribution in [0.25, 0.3) is 10.4 Å². The summed E-state index contributed by atoms with van der Waals surface area (Å²) in [6.07, 6.45) is -3.20. The molecule has 0 aromatic carbocycles.